The molecule has 1 aromatic carbocycles. The normalized spacial score (nSPS) is 13.1. The first-order valence-corrected chi connectivity index (χ1v) is 25.7. The molecule has 0 aliphatic rings. The van der Waals surface area contributed by atoms with E-state index in [9.17, 15) is 0 Å². The van der Waals surface area contributed by atoms with Crippen LogP contribution in [0, 0.1) is 5.92 Å². The third kappa shape index (κ3) is 11.0. The van der Waals surface area contributed by atoms with E-state index in [0.29, 0.717) is 15.0 Å². The summed E-state index contributed by atoms with van der Waals surface area (Å²) in [6, 6.07) is 10.3. The second-order valence-corrected chi connectivity index (χ2v) is 28.6. The molecule has 1 aromatic heterocycles. The van der Waals surface area contributed by atoms with Crippen molar-refractivity contribution in [1.82, 2.24) is 0 Å². The fourth-order valence-corrected chi connectivity index (χ4v) is 28.4. The van der Waals surface area contributed by atoms with Crippen molar-refractivity contribution in [3.8, 4) is 0 Å². The third-order valence-electron chi connectivity index (χ3n) is 7.96. The van der Waals surface area contributed by atoms with E-state index in [0.717, 1.165) is 5.92 Å². The maximum atomic E-state index is 2.69. The van der Waals surface area contributed by atoms with Gasteiger partial charge in [0.25, 0.3) is 0 Å². The molecule has 0 amide bonds. The van der Waals surface area contributed by atoms with Crippen LogP contribution in [0.1, 0.15) is 125 Å². The first-order chi connectivity index (χ1) is 17.1. The van der Waals surface area contributed by atoms with Crippen LogP contribution in [-0.2, 0) is 0 Å². The average molecular weight is 671 g/mol. The van der Waals surface area contributed by atoms with Crippen LogP contribution < -0.4 is 7.35 Å². The molecule has 1 atom stereocenters. The molecule has 1 heterocycles. The van der Waals surface area contributed by atoms with Crippen LogP contribution in [0.25, 0.3) is 10.1 Å². The minimum absolute atomic E-state index is 0.633. The maximum absolute atomic E-state index is 2.69. The minimum atomic E-state index is -2.31. The number of benzene rings is 1. The summed E-state index contributed by atoms with van der Waals surface area (Å²) in [5.41, 5.74) is 0. The van der Waals surface area contributed by atoms with Crippen LogP contribution in [-0.4, -0.2) is 33.3 Å². The van der Waals surface area contributed by atoms with Gasteiger partial charge in [-0.05, 0) is 0 Å². The van der Waals surface area contributed by atoms with E-state index < -0.39 is 18.4 Å². The van der Waals surface area contributed by atoms with Crippen LogP contribution in [0.3, 0.4) is 0 Å². The van der Waals surface area contributed by atoms with Gasteiger partial charge in [0.05, 0.1) is 0 Å². The Bertz CT molecular complexity index is 776. The molecule has 0 N–H and O–H groups in total. The molecule has 2 rings (SSSR count). The van der Waals surface area contributed by atoms with Gasteiger partial charge in [0.15, 0.2) is 0 Å². The van der Waals surface area contributed by atoms with E-state index in [4.69, 9.17) is 0 Å². The zero-order chi connectivity index (χ0) is 25.4. The van der Waals surface area contributed by atoms with Gasteiger partial charge in [-0.1, -0.05) is 0 Å². The number of hydrogen-bond acceptors (Lipinski definition) is 1. The van der Waals surface area contributed by atoms with Gasteiger partial charge < -0.3 is 0 Å². The van der Waals surface area contributed by atoms with E-state index in [2.05, 4.69) is 70.2 Å². The molecule has 0 radical (unpaired) electrons. The van der Waals surface area contributed by atoms with Crippen molar-refractivity contribution in [2.45, 2.75) is 143 Å². The van der Waals surface area contributed by atoms with E-state index in [1.807, 2.05) is 2.89 Å². The summed E-state index contributed by atoms with van der Waals surface area (Å²) < 4.78 is 9.94. The number of hydrogen-bond donors (Lipinski definition) is 0. The molecule has 35 heavy (non-hydrogen) atoms. The van der Waals surface area contributed by atoms with Crippen molar-refractivity contribution < 1.29 is 0 Å². The van der Waals surface area contributed by atoms with E-state index >= 15 is 0 Å². The fourth-order valence-electron chi connectivity index (χ4n) is 5.53. The van der Waals surface area contributed by atoms with Crippen molar-refractivity contribution >= 4 is 62.1 Å². The van der Waals surface area contributed by atoms with Crippen molar-refractivity contribution in [2.75, 3.05) is 0 Å². The predicted octanol–water partition coefficient (Wildman–Crippen LogP) is 10.5. The fraction of sp³-hybridized carbons (Fsp3) is 0.750. The Hall–Kier alpha value is 0.498. The Morgan fingerprint density at radius 1 is 0.686 bits per heavy atom. The number of fused-ring (bicyclic) bond motifs is 1. The summed E-state index contributed by atoms with van der Waals surface area (Å²) in [5, 5.41) is 3.01. The molecule has 0 saturated carbocycles. The second kappa shape index (κ2) is 18.7. The van der Waals surface area contributed by atoms with Crippen LogP contribution in [0.4, 0.5) is 0 Å². The van der Waals surface area contributed by atoms with Gasteiger partial charge in [0, 0.05) is 0 Å². The van der Waals surface area contributed by atoms with Crippen LogP contribution >= 0.6 is 11.3 Å². The Morgan fingerprint density at radius 2 is 1.29 bits per heavy atom. The van der Waals surface area contributed by atoms with Gasteiger partial charge >= 0.3 is 235 Å². The van der Waals surface area contributed by atoms with Gasteiger partial charge in [0.1, 0.15) is 0 Å². The van der Waals surface area contributed by atoms with Crippen molar-refractivity contribution in [3.05, 3.63) is 24.3 Å². The Labute approximate surface area is 233 Å². The Morgan fingerprint density at radius 3 is 1.89 bits per heavy atom. The molecule has 0 saturated heterocycles. The number of unbranched alkanes of at least 4 members (excludes halogenated alkanes) is 7. The summed E-state index contributed by atoms with van der Waals surface area (Å²) in [6.45, 7) is 11.9. The SMILES string of the molecule is CCCCCCC(CCCC)C[Se]c1ccc2c[c]([Sn]([CH2]CCC)([CH2]CCC)[CH2]CCC)sc2c1. The van der Waals surface area contributed by atoms with Gasteiger partial charge in [-0.25, -0.2) is 0 Å². The Balaban J connectivity index is 2.16. The molecule has 0 fully saturated rings. The zero-order valence-corrected chi connectivity index (χ0v) is 29.3. The molecule has 2 aromatic rings. The topological polar surface area (TPSA) is 0 Å². The van der Waals surface area contributed by atoms with Crippen LogP contribution in [0.5, 0.6) is 0 Å². The summed E-state index contributed by atoms with van der Waals surface area (Å²) in [4.78, 5) is 0. The quantitative estimate of drug-likeness (QED) is 0.0916. The molecule has 3 heteroatoms. The zero-order valence-electron chi connectivity index (χ0n) is 23.9. The number of rotatable bonds is 21. The first kappa shape index (κ1) is 31.7. The van der Waals surface area contributed by atoms with Crippen LogP contribution in [0.2, 0.25) is 18.6 Å². The summed E-state index contributed by atoms with van der Waals surface area (Å²) in [6.07, 6.45) is 19.9. The van der Waals surface area contributed by atoms with Gasteiger partial charge in [0.2, 0.25) is 0 Å². The van der Waals surface area contributed by atoms with Crippen molar-refractivity contribution in [2.24, 2.45) is 5.92 Å². The molecule has 0 spiro atoms. The first-order valence-electron chi connectivity index (χ1n) is 15.3. The molecule has 1 unspecified atom stereocenters. The average Bonchev–Trinajstić information content (AvgIpc) is 3.31. The van der Waals surface area contributed by atoms with E-state index in [1.165, 1.54) is 95.2 Å². The molecule has 0 aliphatic carbocycles. The Kier molecular flexibility index (Phi) is 16.9. The number of thiophene rings is 1. The van der Waals surface area contributed by atoms with Gasteiger partial charge in [-0.3, -0.25) is 0 Å². The molecular weight excluding hydrogens is 614 g/mol. The van der Waals surface area contributed by atoms with Crippen molar-refractivity contribution in [3.63, 3.8) is 0 Å². The summed E-state index contributed by atoms with van der Waals surface area (Å²) >= 11 is 0.567. The summed E-state index contributed by atoms with van der Waals surface area (Å²) in [7, 11) is 0. The van der Waals surface area contributed by atoms with E-state index in [-0.39, 0.29) is 0 Å². The third-order valence-corrected chi connectivity index (χ3v) is 29.8. The predicted molar refractivity (Wildman–Crippen MR) is 168 cm³/mol. The summed E-state index contributed by atoms with van der Waals surface area (Å²) in [5.74, 6) is 0.961. The molecule has 0 nitrogen and oxygen atoms in total. The monoisotopic (exact) mass is 672 g/mol. The van der Waals surface area contributed by atoms with E-state index in [1.54, 1.807) is 27.9 Å². The molecule has 0 bridgehead atoms. The van der Waals surface area contributed by atoms with Gasteiger partial charge in [-0.15, -0.1) is 0 Å². The molecule has 0 aliphatic heterocycles. The van der Waals surface area contributed by atoms with Crippen molar-refractivity contribution in [1.29, 1.82) is 0 Å². The van der Waals surface area contributed by atoms with Gasteiger partial charge in [-0.2, -0.15) is 0 Å². The standard InChI is InChI=1S/C20H29SSe.3C4H9.Sn/c1-3-5-7-8-10-17(9-6-4-2)16-22-19-12-11-18-13-14-21-20(18)15-19;3*1-3-4-2;/h11-13,15,17H,3-10,16H2,1-2H3;3*1,3-4H2,2H3;. The van der Waals surface area contributed by atoms with Crippen LogP contribution in [0.15, 0.2) is 24.3 Å². The molecular formula is C32H56SSeSn. The second-order valence-electron chi connectivity index (χ2n) is 11.1. The molecule has 200 valence electrons.